The number of benzene rings is 1. The molecule has 27 heavy (non-hydrogen) atoms. The van der Waals surface area contributed by atoms with Crippen LogP contribution in [0, 0.1) is 12.3 Å². The van der Waals surface area contributed by atoms with Crippen molar-refractivity contribution >= 4 is 5.91 Å². The Morgan fingerprint density at radius 3 is 2.85 bits per heavy atom. The third kappa shape index (κ3) is 3.53. The molecule has 6 heteroatoms. The normalized spacial score (nSPS) is 21.7. The lowest BCUT2D eigenvalue weighted by Gasteiger charge is -2.40. The SMILES string of the molecule is CCn1ncc(CN2C[C@](C)(Cc3ccc4c(c3)OCO4)CCC2=O)c1C. The Morgan fingerprint density at radius 2 is 2.07 bits per heavy atom. The van der Waals surface area contributed by atoms with Crippen LogP contribution in [-0.2, 0) is 24.3 Å². The first kappa shape index (κ1) is 17.9. The molecule has 0 saturated carbocycles. The first-order valence-electron chi connectivity index (χ1n) is 9.65. The standard InChI is InChI=1S/C21H27N3O3/c1-4-24-15(2)17(11-22-24)12-23-13-21(3,8-7-20(23)25)10-16-5-6-18-19(9-16)27-14-26-18/h5-6,9,11H,4,7-8,10,12-14H2,1-3H3/t21-/m0/s1. The Morgan fingerprint density at radius 1 is 1.26 bits per heavy atom. The molecule has 0 N–H and O–H groups in total. The van der Waals surface area contributed by atoms with Crippen LogP contribution >= 0.6 is 0 Å². The molecule has 1 atom stereocenters. The van der Waals surface area contributed by atoms with Gasteiger partial charge < -0.3 is 14.4 Å². The minimum absolute atomic E-state index is 0.0518. The second-order valence-corrected chi connectivity index (χ2v) is 8.00. The molecule has 0 bridgehead atoms. The lowest BCUT2D eigenvalue weighted by molar-refractivity contribution is -0.137. The van der Waals surface area contributed by atoms with Gasteiger partial charge in [-0.15, -0.1) is 0 Å². The van der Waals surface area contributed by atoms with Gasteiger partial charge in [-0.25, -0.2) is 0 Å². The Labute approximate surface area is 160 Å². The fourth-order valence-electron chi connectivity index (χ4n) is 4.19. The molecule has 1 amide bonds. The van der Waals surface area contributed by atoms with Crippen molar-refractivity contribution in [3.8, 4) is 11.5 Å². The van der Waals surface area contributed by atoms with Crippen molar-refractivity contribution in [2.24, 2.45) is 5.41 Å². The summed E-state index contributed by atoms with van der Waals surface area (Å²) in [6, 6.07) is 6.16. The highest BCUT2D eigenvalue weighted by molar-refractivity contribution is 5.77. The molecular weight excluding hydrogens is 342 g/mol. The summed E-state index contributed by atoms with van der Waals surface area (Å²) in [6.45, 7) is 8.98. The molecule has 1 fully saturated rings. The molecule has 2 aliphatic heterocycles. The van der Waals surface area contributed by atoms with Gasteiger partial charge in [-0.3, -0.25) is 9.48 Å². The predicted molar refractivity (Wildman–Crippen MR) is 102 cm³/mol. The summed E-state index contributed by atoms with van der Waals surface area (Å²) in [6.07, 6.45) is 4.32. The van der Waals surface area contributed by atoms with E-state index in [0.29, 0.717) is 19.8 Å². The van der Waals surface area contributed by atoms with Crippen LogP contribution in [0.1, 0.15) is 43.5 Å². The molecule has 3 heterocycles. The molecule has 1 aromatic carbocycles. The van der Waals surface area contributed by atoms with E-state index in [1.807, 2.05) is 21.8 Å². The highest BCUT2D eigenvalue weighted by atomic mass is 16.7. The van der Waals surface area contributed by atoms with E-state index < -0.39 is 0 Å². The van der Waals surface area contributed by atoms with E-state index in [1.165, 1.54) is 5.56 Å². The summed E-state index contributed by atoms with van der Waals surface area (Å²) >= 11 is 0. The topological polar surface area (TPSA) is 56.6 Å². The van der Waals surface area contributed by atoms with Crippen molar-refractivity contribution in [2.45, 2.75) is 53.1 Å². The number of ether oxygens (including phenoxy) is 2. The zero-order chi connectivity index (χ0) is 19.0. The van der Waals surface area contributed by atoms with Crippen LogP contribution in [0.4, 0.5) is 0 Å². The highest BCUT2D eigenvalue weighted by Crippen LogP contribution is 2.38. The lowest BCUT2D eigenvalue weighted by Crippen LogP contribution is -2.45. The molecule has 0 aliphatic carbocycles. The third-order valence-electron chi connectivity index (χ3n) is 5.80. The monoisotopic (exact) mass is 369 g/mol. The summed E-state index contributed by atoms with van der Waals surface area (Å²) in [5, 5.41) is 4.42. The number of nitrogens with zero attached hydrogens (tertiary/aromatic N) is 3. The first-order chi connectivity index (χ1) is 13.0. The minimum atomic E-state index is 0.0518. The van der Waals surface area contributed by atoms with Crippen LogP contribution in [0.2, 0.25) is 0 Å². The van der Waals surface area contributed by atoms with Crippen LogP contribution in [0.15, 0.2) is 24.4 Å². The van der Waals surface area contributed by atoms with Gasteiger partial charge in [0.15, 0.2) is 11.5 Å². The largest absolute Gasteiger partial charge is 0.454 e. The van der Waals surface area contributed by atoms with E-state index in [0.717, 1.165) is 48.7 Å². The number of piperidine rings is 1. The van der Waals surface area contributed by atoms with Crippen LogP contribution in [0.5, 0.6) is 11.5 Å². The minimum Gasteiger partial charge on any atom is -0.454 e. The van der Waals surface area contributed by atoms with Crippen molar-refractivity contribution < 1.29 is 14.3 Å². The molecule has 2 aliphatic rings. The number of aromatic nitrogens is 2. The van der Waals surface area contributed by atoms with Gasteiger partial charge in [0.1, 0.15) is 0 Å². The van der Waals surface area contributed by atoms with Crippen LogP contribution in [-0.4, -0.2) is 33.9 Å². The molecule has 2 aromatic rings. The predicted octanol–water partition coefficient (Wildman–Crippen LogP) is 3.31. The van der Waals surface area contributed by atoms with Crippen molar-refractivity contribution in [3.05, 3.63) is 41.2 Å². The molecule has 0 radical (unpaired) electrons. The molecular formula is C21H27N3O3. The summed E-state index contributed by atoms with van der Waals surface area (Å²) in [5.41, 5.74) is 3.56. The van der Waals surface area contributed by atoms with Crippen LogP contribution in [0.3, 0.4) is 0 Å². The van der Waals surface area contributed by atoms with Crippen molar-refractivity contribution in [1.82, 2.24) is 14.7 Å². The summed E-state index contributed by atoms with van der Waals surface area (Å²) in [4.78, 5) is 14.5. The summed E-state index contributed by atoms with van der Waals surface area (Å²) < 4.78 is 12.9. The van der Waals surface area contributed by atoms with Crippen LogP contribution < -0.4 is 9.47 Å². The zero-order valence-corrected chi connectivity index (χ0v) is 16.3. The Balaban J connectivity index is 1.48. The van der Waals surface area contributed by atoms with Gasteiger partial charge in [0.25, 0.3) is 0 Å². The van der Waals surface area contributed by atoms with E-state index in [2.05, 4.69) is 38.0 Å². The lowest BCUT2D eigenvalue weighted by atomic mass is 9.76. The fraction of sp³-hybridized carbons (Fsp3) is 0.524. The zero-order valence-electron chi connectivity index (χ0n) is 16.3. The van der Waals surface area contributed by atoms with Gasteiger partial charge in [0.2, 0.25) is 12.7 Å². The molecule has 1 saturated heterocycles. The number of carbonyl (C=O) groups excluding carboxylic acids is 1. The van der Waals surface area contributed by atoms with Crippen molar-refractivity contribution in [1.29, 1.82) is 0 Å². The van der Waals surface area contributed by atoms with Gasteiger partial charge >= 0.3 is 0 Å². The maximum absolute atomic E-state index is 12.5. The van der Waals surface area contributed by atoms with E-state index in [9.17, 15) is 4.79 Å². The Hall–Kier alpha value is -2.50. The van der Waals surface area contributed by atoms with Crippen molar-refractivity contribution in [2.75, 3.05) is 13.3 Å². The van der Waals surface area contributed by atoms with E-state index in [1.54, 1.807) is 0 Å². The third-order valence-corrected chi connectivity index (χ3v) is 5.80. The smallest absolute Gasteiger partial charge is 0.231 e. The second kappa shape index (κ2) is 6.91. The number of hydrogen-bond acceptors (Lipinski definition) is 4. The van der Waals surface area contributed by atoms with E-state index in [4.69, 9.17) is 9.47 Å². The number of amides is 1. The van der Waals surface area contributed by atoms with Crippen LogP contribution in [0.25, 0.3) is 0 Å². The van der Waals surface area contributed by atoms with Gasteiger partial charge in [-0.1, -0.05) is 13.0 Å². The molecule has 0 unspecified atom stereocenters. The maximum atomic E-state index is 12.5. The molecule has 6 nitrogen and oxygen atoms in total. The molecule has 0 spiro atoms. The first-order valence-corrected chi connectivity index (χ1v) is 9.65. The Bertz CT molecular complexity index is 860. The van der Waals surface area contributed by atoms with Crippen molar-refractivity contribution in [3.63, 3.8) is 0 Å². The van der Waals surface area contributed by atoms with E-state index in [-0.39, 0.29) is 11.3 Å². The Kier molecular flexibility index (Phi) is 4.58. The fourth-order valence-corrected chi connectivity index (χ4v) is 4.19. The van der Waals surface area contributed by atoms with Gasteiger partial charge in [0.05, 0.1) is 6.20 Å². The van der Waals surface area contributed by atoms with E-state index >= 15 is 0 Å². The number of fused-ring (bicyclic) bond motifs is 1. The number of hydrogen-bond donors (Lipinski definition) is 0. The average molecular weight is 369 g/mol. The van der Waals surface area contributed by atoms with Gasteiger partial charge in [-0.2, -0.15) is 5.10 Å². The highest BCUT2D eigenvalue weighted by Gasteiger charge is 2.35. The second-order valence-electron chi connectivity index (χ2n) is 8.00. The number of carbonyl (C=O) groups is 1. The summed E-state index contributed by atoms with van der Waals surface area (Å²) in [7, 11) is 0. The number of rotatable bonds is 5. The molecule has 144 valence electrons. The van der Waals surface area contributed by atoms with Gasteiger partial charge in [0, 0.05) is 37.3 Å². The summed E-state index contributed by atoms with van der Waals surface area (Å²) in [5.74, 6) is 1.87. The number of aryl methyl sites for hydroxylation is 1. The van der Waals surface area contributed by atoms with Gasteiger partial charge in [-0.05, 0) is 49.8 Å². The number of likely N-dealkylation sites (tertiary alicyclic amines) is 1. The molecule has 4 rings (SSSR count). The maximum Gasteiger partial charge on any atom is 0.231 e. The quantitative estimate of drug-likeness (QED) is 0.811. The average Bonchev–Trinajstić information content (AvgIpc) is 3.25. The molecule has 1 aromatic heterocycles.